The summed E-state index contributed by atoms with van der Waals surface area (Å²) in [6.45, 7) is 2.97. The Bertz CT molecular complexity index is 691. The van der Waals surface area contributed by atoms with Gasteiger partial charge in [0, 0.05) is 29.8 Å². The van der Waals surface area contributed by atoms with Gasteiger partial charge in [0.15, 0.2) is 0 Å². The fourth-order valence-corrected chi connectivity index (χ4v) is 3.50. The second kappa shape index (κ2) is 11.9. The summed E-state index contributed by atoms with van der Waals surface area (Å²) in [5.74, 6) is 0.00402. The predicted molar refractivity (Wildman–Crippen MR) is 113 cm³/mol. The number of nitro groups is 1. The molecule has 0 spiro atoms. The highest BCUT2D eigenvalue weighted by atomic mass is 35.5. The molecule has 2 rings (SSSR count). The van der Waals surface area contributed by atoms with Gasteiger partial charge in [-0.2, -0.15) is 11.8 Å². The third-order valence-corrected chi connectivity index (χ3v) is 5.29. The number of rotatable bonds is 8. The second-order valence-electron chi connectivity index (χ2n) is 6.62. The van der Waals surface area contributed by atoms with Crippen molar-refractivity contribution in [2.45, 2.75) is 44.3 Å². The van der Waals surface area contributed by atoms with Gasteiger partial charge in [-0.15, -0.1) is 12.4 Å². The average Bonchev–Trinajstić information content (AvgIpc) is 2.66. The third kappa shape index (κ3) is 6.96. The first-order valence-corrected chi connectivity index (χ1v) is 10.4. The molecular formula is C18H27ClN4O4S. The maximum Gasteiger partial charge on any atom is 0.270 e. The summed E-state index contributed by atoms with van der Waals surface area (Å²) in [7, 11) is 0. The fraction of sp³-hybridized carbons (Fsp3) is 0.556. The first kappa shape index (κ1) is 24.2. The number of nitrogens with zero attached hydrogens (tertiary/aromatic N) is 1. The highest BCUT2D eigenvalue weighted by molar-refractivity contribution is 7.98. The van der Waals surface area contributed by atoms with Crippen LogP contribution >= 0.6 is 24.2 Å². The number of hydrogen-bond acceptors (Lipinski definition) is 6. The molecule has 3 N–H and O–H groups in total. The minimum Gasteiger partial charge on any atom is -0.350 e. The van der Waals surface area contributed by atoms with E-state index in [1.807, 2.05) is 13.2 Å². The fourth-order valence-electron chi connectivity index (χ4n) is 3.03. The molecule has 1 aliphatic heterocycles. The monoisotopic (exact) mass is 430 g/mol. The van der Waals surface area contributed by atoms with Crippen molar-refractivity contribution < 1.29 is 14.5 Å². The molecule has 0 saturated carbocycles. The summed E-state index contributed by atoms with van der Waals surface area (Å²) in [6.07, 6.45) is 4.31. The summed E-state index contributed by atoms with van der Waals surface area (Å²) < 4.78 is 0. The lowest BCUT2D eigenvalue weighted by molar-refractivity contribution is -0.384. The minimum atomic E-state index is -0.682. The van der Waals surface area contributed by atoms with Crippen molar-refractivity contribution in [3.05, 3.63) is 39.9 Å². The minimum absolute atomic E-state index is 0. The molecular weight excluding hydrogens is 404 g/mol. The van der Waals surface area contributed by atoms with E-state index in [1.165, 1.54) is 24.3 Å². The summed E-state index contributed by atoms with van der Waals surface area (Å²) in [5.41, 5.74) is 0.00808. The number of hydrogen-bond donors (Lipinski definition) is 3. The molecule has 28 heavy (non-hydrogen) atoms. The Morgan fingerprint density at radius 1 is 1.43 bits per heavy atom. The lowest BCUT2D eigenvalue weighted by Gasteiger charge is -2.32. The van der Waals surface area contributed by atoms with Crippen LogP contribution in [0.1, 0.15) is 36.5 Å². The molecule has 1 aliphatic rings. The van der Waals surface area contributed by atoms with Gasteiger partial charge in [0.25, 0.3) is 11.6 Å². The zero-order chi connectivity index (χ0) is 19.8. The Balaban J connectivity index is 0.00000392. The van der Waals surface area contributed by atoms with E-state index in [9.17, 15) is 19.7 Å². The SMILES string of the molecule is CSCCC(NC(=O)c1cccc([N+](=O)[O-])c1)C(=O)NC1CCCNC1C.Cl. The lowest BCUT2D eigenvalue weighted by atomic mass is 9.99. The lowest BCUT2D eigenvalue weighted by Crippen LogP contribution is -2.56. The van der Waals surface area contributed by atoms with Gasteiger partial charge in [-0.25, -0.2) is 0 Å². The molecule has 1 fully saturated rings. The Morgan fingerprint density at radius 3 is 2.82 bits per heavy atom. The van der Waals surface area contributed by atoms with Gasteiger partial charge in [0.05, 0.1) is 4.92 Å². The van der Waals surface area contributed by atoms with Crippen LogP contribution in [-0.2, 0) is 4.79 Å². The van der Waals surface area contributed by atoms with Crippen molar-refractivity contribution in [1.82, 2.24) is 16.0 Å². The van der Waals surface area contributed by atoms with Crippen LogP contribution in [0.25, 0.3) is 0 Å². The number of halogens is 1. The van der Waals surface area contributed by atoms with E-state index < -0.39 is 16.9 Å². The summed E-state index contributed by atoms with van der Waals surface area (Å²) in [5, 5.41) is 20.0. The number of nitrogens with one attached hydrogen (secondary N) is 3. The summed E-state index contributed by atoms with van der Waals surface area (Å²) >= 11 is 1.59. The van der Waals surface area contributed by atoms with Gasteiger partial charge in [-0.1, -0.05) is 6.07 Å². The summed E-state index contributed by atoms with van der Waals surface area (Å²) in [4.78, 5) is 35.6. The van der Waals surface area contributed by atoms with Gasteiger partial charge < -0.3 is 16.0 Å². The molecule has 3 atom stereocenters. The molecule has 0 radical (unpaired) electrons. The van der Waals surface area contributed by atoms with E-state index in [-0.39, 0.29) is 41.6 Å². The van der Waals surface area contributed by atoms with Crippen LogP contribution in [0.2, 0.25) is 0 Å². The third-order valence-electron chi connectivity index (χ3n) is 4.64. The molecule has 2 amide bonds. The van der Waals surface area contributed by atoms with E-state index in [0.717, 1.165) is 19.4 Å². The van der Waals surface area contributed by atoms with Crippen LogP contribution in [0.15, 0.2) is 24.3 Å². The highest BCUT2D eigenvalue weighted by Crippen LogP contribution is 2.14. The number of thioether (sulfide) groups is 1. The van der Waals surface area contributed by atoms with Crippen molar-refractivity contribution in [2.24, 2.45) is 0 Å². The van der Waals surface area contributed by atoms with E-state index >= 15 is 0 Å². The second-order valence-corrected chi connectivity index (χ2v) is 7.60. The van der Waals surface area contributed by atoms with E-state index in [2.05, 4.69) is 16.0 Å². The summed E-state index contributed by atoms with van der Waals surface area (Å²) in [6, 6.07) is 5.02. The molecule has 8 nitrogen and oxygen atoms in total. The van der Waals surface area contributed by atoms with E-state index in [0.29, 0.717) is 12.2 Å². The van der Waals surface area contributed by atoms with Crippen molar-refractivity contribution in [3.63, 3.8) is 0 Å². The van der Waals surface area contributed by atoms with Crippen LogP contribution in [0.4, 0.5) is 5.69 Å². The Hall–Kier alpha value is -1.84. The van der Waals surface area contributed by atoms with Crippen LogP contribution in [0.5, 0.6) is 0 Å². The predicted octanol–water partition coefficient (Wildman–Crippen LogP) is 2.12. The maximum absolute atomic E-state index is 12.7. The molecule has 0 aromatic heterocycles. The van der Waals surface area contributed by atoms with E-state index in [1.54, 1.807) is 11.8 Å². The van der Waals surface area contributed by atoms with Crippen molar-refractivity contribution in [3.8, 4) is 0 Å². The molecule has 1 heterocycles. The molecule has 156 valence electrons. The first-order chi connectivity index (χ1) is 12.9. The number of amides is 2. The number of carbonyl (C=O) groups is 2. The quantitative estimate of drug-likeness (QED) is 0.430. The molecule has 0 bridgehead atoms. The van der Waals surface area contributed by atoms with Crippen LogP contribution < -0.4 is 16.0 Å². The molecule has 10 heteroatoms. The molecule has 1 aromatic carbocycles. The normalized spacial score (nSPS) is 19.8. The smallest absolute Gasteiger partial charge is 0.270 e. The van der Waals surface area contributed by atoms with Gasteiger partial charge >= 0.3 is 0 Å². The van der Waals surface area contributed by atoms with Crippen LogP contribution in [0, 0.1) is 10.1 Å². The standard InChI is InChI=1S/C18H26N4O4S.ClH/c1-12-15(7-4-9-19-12)20-18(24)16(8-10-27-2)21-17(23)13-5-3-6-14(11-13)22(25)26;/h3,5-6,11-12,15-16,19H,4,7-10H2,1-2H3,(H,20,24)(H,21,23);1H. The highest BCUT2D eigenvalue weighted by Gasteiger charge is 2.27. The van der Waals surface area contributed by atoms with Crippen LogP contribution in [0.3, 0.4) is 0 Å². The molecule has 0 aliphatic carbocycles. The topological polar surface area (TPSA) is 113 Å². The Morgan fingerprint density at radius 2 is 2.18 bits per heavy atom. The van der Waals surface area contributed by atoms with E-state index in [4.69, 9.17) is 0 Å². The number of nitro benzene ring substituents is 1. The van der Waals surface area contributed by atoms with Crippen molar-refractivity contribution in [2.75, 3.05) is 18.6 Å². The van der Waals surface area contributed by atoms with Crippen LogP contribution in [-0.4, -0.2) is 53.4 Å². The Labute approximate surface area is 175 Å². The zero-order valence-electron chi connectivity index (χ0n) is 16.0. The average molecular weight is 431 g/mol. The Kier molecular flexibility index (Phi) is 10.3. The number of non-ortho nitro benzene ring substituents is 1. The zero-order valence-corrected chi connectivity index (χ0v) is 17.6. The molecule has 3 unspecified atom stereocenters. The maximum atomic E-state index is 12.7. The van der Waals surface area contributed by atoms with Gasteiger partial charge in [0.1, 0.15) is 6.04 Å². The molecule has 1 aromatic rings. The first-order valence-electron chi connectivity index (χ1n) is 9.00. The van der Waals surface area contributed by atoms with Gasteiger partial charge in [-0.05, 0) is 50.8 Å². The number of benzene rings is 1. The largest absolute Gasteiger partial charge is 0.350 e. The number of piperidine rings is 1. The van der Waals surface area contributed by atoms with Gasteiger partial charge in [0.2, 0.25) is 5.91 Å². The van der Waals surface area contributed by atoms with Gasteiger partial charge in [-0.3, -0.25) is 19.7 Å². The molecule has 1 saturated heterocycles. The number of carbonyl (C=O) groups excluding carboxylic acids is 2. The van der Waals surface area contributed by atoms with Crippen molar-refractivity contribution >= 4 is 41.7 Å². The van der Waals surface area contributed by atoms with Crippen molar-refractivity contribution in [1.29, 1.82) is 0 Å².